The number of nitrogens with zero attached hydrogens (tertiary/aromatic N) is 5. The summed E-state index contributed by atoms with van der Waals surface area (Å²) in [4.78, 5) is 21.7. The van der Waals surface area contributed by atoms with Crippen molar-refractivity contribution in [2.24, 2.45) is 0 Å². The number of benzene rings is 1. The topological polar surface area (TPSA) is 110 Å². The van der Waals surface area contributed by atoms with Gasteiger partial charge in [0.2, 0.25) is 10.0 Å². The Morgan fingerprint density at radius 3 is 2.24 bits per heavy atom. The lowest BCUT2D eigenvalue weighted by molar-refractivity contribution is -0.384. The standard InChI is InChI=1S/C19H25N5O4S/c1-4-29(27,28)23-11-9-22(10-12-23)19-18(14(2)20-15(3)21-19)13-16-5-7-17(8-6-16)24(25)26/h5-8H,4,9-13H2,1-3H3. The van der Waals surface area contributed by atoms with Crippen LogP contribution < -0.4 is 4.90 Å². The van der Waals surface area contributed by atoms with E-state index in [4.69, 9.17) is 0 Å². The number of nitro groups is 1. The Bertz CT molecular complexity index is 1000. The van der Waals surface area contributed by atoms with Crippen molar-refractivity contribution in [1.29, 1.82) is 0 Å². The fourth-order valence-corrected chi connectivity index (χ4v) is 4.57. The van der Waals surface area contributed by atoms with Crippen LogP contribution in [0.5, 0.6) is 0 Å². The monoisotopic (exact) mass is 419 g/mol. The first-order chi connectivity index (χ1) is 13.7. The number of aryl methyl sites for hydroxylation is 2. The third kappa shape index (κ3) is 4.70. The molecule has 0 N–H and O–H groups in total. The van der Waals surface area contributed by atoms with Crippen LogP contribution in [0.3, 0.4) is 0 Å². The minimum atomic E-state index is -3.19. The molecule has 1 aliphatic heterocycles. The van der Waals surface area contributed by atoms with E-state index in [9.17, 15) is 18.5 Å². The van der Waals surface area contributed by atoms with Crippen molar-refractivity contribution in [2.45, 2.75) is 27.2 Å². The van der Waals surface area contributed by atoms with E-state index in [0.29, 0.717) is 38.4 Å². The maximum atomic E-state index is 12.1. The van der Waals surface area contributed by atoms with E-state index in [1.165, 1.54) is 16.4 Å². The molecule has 29 heavy (non-hydrogen) atoms. The van der Waals surface area contributed by atoms with Crippen molar-refractivity contribution in [3.8, 4) is 0 Å². The molecule has 1 saturated heterocycles. The van der Waals surface area contributed by atoms with Gasteiger partial charge in [-0.05, 0) is 26.3 Å². The maximum absolute atomic E-state index is 12.1. The molecule has 0 saturated carbocycles. The third-order valence-corrected chi connectivity index (χ3v) is 7.01. The number of aromatic nitrogens is 2. The summed E-state index contributed by atoms with van der Waals surface area (Å²) in [5, 5.41) is 10.9. The zero-order chi connectivity index (χ0) is 21.2. The third-order valence-electron chi connectivity index (χ3n) is 5.13. The van der Waals surface area contributed by atoms with Crippen molar-refractivity contribution in [1.82, 2.24) is 14.3 Å². The van der Waals surface area contributed by atoms with Crippen LogP contribution in [0.2, 0.25) is 0 Å². The summed E-state index contributed by atoms with van der Waals surface area (Å²) < 4.78 is 25.8. The molecule has 156 valence electrons. The number of piperazine rings is 1. The normalized spacial score (nSPS) is 15.5. The predicted molar refractivity (Wildman–Crippen MR) is 111 cm³/mol. The van der Waals surface area contributed by atoms with E-state index in [2.05, 4.69) is 14.9 Å². The molecule has 0 unspecified atom stereocenters. The van der Waals surface area contributed by atoms with Crippen LogP contribution in [0.25, 0.3) is 0 Å². The van der Waals surface area contributed by atoms with Crippen LogP contribution in [-0.4, -0.2) is 59.5 Å². The lowest BCUT2D eigenvalue weighted by Crippen LogP contribution is -2.49. The lowest BCUT2D eigenvalue weighted by atomic mass is 10.0. The van der Waals surface area contributed by atoms with Gasteiger partial charge in [0, 0.05) is 56.0 Å². The maximum Gasteiger partial charge on any atom is 0.269 e. The van der Waals surface area contributed by atoms with Gasteiger partial charge in [0.05, 0.1) is 10.7 Å². The summed E-state index contributed by atoms with van der Waals surface area (Å²) in [7, 11) is -3.19. The second kappa shape index (κ2) is 8.42. The molecule has 0 bridgehead atoms. The summed E-state index contributed by atoms with van der Waals surface area (Å²) in [6.45, 7) is 7.39. The summed E-state index contributed by atoms with van der Waals surface area (Å²) in [5.41, 5.74) is 2.80. The summed E-state index contributed by atoms with van der Waals surface area (Å²) in [6.07, 6.45) is 0.549. The van der Waals surface area contributed by atoms with Gasteiger partial charge in [-0.2, -0.15) is 4.31 Å². The van der Waals surface area contributed by atoms with Gasteiger partial charge in [-0.1, -0.05) is 12.1 Å². The molecule has 0 aliphatic carbocycles. The van der Waals surface area contributed by atoms with E-state index in [0.717, 1.165) is 22.6 Å². The molecule has 1 aromatic heterocycles. The lowest BCUT2D eigenvalue weighted by Gasteiger charge is -2.35. The highest BCUT2D eigenvalue weighted by Crippen LogP contribution is 2.26. The predicted octanol–water partition coefficient (Wildman–Crippen LogP) is 2.06. The molecule has 2 heterocycles. The van der Waals surface area contributed by atoms with E-state index >= 15 is 0 Å². The Balaban J connectivity index is 1.85. The largest absolute Gasteiger partial charge is 0.354 e. The summed E-state index contributed by atoms with van der Waals surface area (Å²) in [5.74, 6) is 1.57. The molecule has 9 nitrogen and oxygen atoms in total. The number of hydrogen-bond acceptors (Lipinski definition) is 7. The quantitative estimate of drug-likeness (QED) is 0.521. The first kappa shape index (κ1) is 21.1. The molecule has 1 fully saturated rings. The average Bonchev–Trinajstić information content (AvgIpc) is 2.70. The highest BCUT2D eigenvalue weighted by molar-refractivity contribution is 7.89. The Kier molecular flexibility index (Phi) is 6.13. The molecule has 1 aliphatic rings. The van der Waals surface area contributed by atoms with Crippen LogP contribution in [0.4, 0.5) is 11.5 Å². The van der Waals surface area contributed by atoms with Gasteiger partial charge in [0.1, 0.15) is 11.6 Å². The second-order valence-corrected chi connectivity index (χ2v) is 9.30. The van der Waals surface area contributed by atoms with Gasteiger partial charge >= 0.3 is 0 Å². The van der Waals surface area contributed by atoms with Crippen molar-refractivity contribution in [2.75, 3.05) is 36.8 Å². The van der Waals surface area contributed by atoms with E-state index < -0.39 is 14.9 Å². The van der Waals surface area contributed by atoms with Crippen LogP contribution in [-0.2, 0) is 16.4 Å². The van der Waals surface area contributed by atoms with E-state index in [-0.39, 0.29) is 11.4 Å². The van der Waals surface area contributed by atoms with E-state index in [1.54, 1.807) is 19.1 Å². The van der Waals surface area contributed by atoms with Gasteiger partial charge in [-0.15, -0.1) is 0 Å². The SMILES string of the molecule is CCS(=O)(=O)N1CCN(c2nc(C)nc(C)c2Cc2ccc([N+](=O)[O-])cc2)CC1. The zero-order valence-corrected chi connectivity index (χ0v) is 17.6. The Labute approximate surface area is 170 Å². The summed E-state index contributed by atoms with van der Waals surface area (Å²) in [6, 6.07) is 6.47. The number of sulfonamides is 1. The number of hydrogen-bond donors (Lipinski definition) is 0. The minimum Gasteiger partial charge on any atom is -0.354 e. The minimum absolute atomic E-state index is 0.0547. The van der Waals surface area contributed by atoms with Crippen LogP contribution >= 0.6 is 0 Å². The Morgan fingerprint density at radius 1 is 1.07 bits per heavy atom. The van der Waals surface area contributed by atoms with Crippen molar-refractivity contribution in [3.05, 3.63) is 57.0 Å². The van der Waals surface area contributed by atoms with Gasteiger partial charge in [-0.3, -0.25) is 10.1 Å². The fraction of sp³-hybridized carbons (Fsp3) is 0.474. The molecule has 0 spiro atoms. The first-order valence-corrected chi connectivity index (χ1v) is 11.1. The molecular formula is C19H25N5O4S. The van der Waals surface area contributed by atoms with Crippen LogP contribution in [0.1, 0.15) is 29.6 Å². The molecule has 1 aromatic carbocycles. The zero-order valence-electron chi connectivity index (χ0n) is 16.8. The summed E-state index contributed by atoms with van der Waals surface area (Å²) >= 11 is 0. The highest BCUT2D eigenvalue weighted by Gasteiger charge is 2.27. The van der Waals surface area contributed by atoms with Crippen LogP contribution in [0.15, 0.2) is 24.3 Å². The number of anilines is 1. The number of rotatable bonds is 6. The van der Waals surface area contributed by atoms with Crippen molar-refractivity contribution in [3.63, 3.8) is 0 Å². The second-order valence-electron chi connectivity index (χ2n) is 7.05. The average molecular weight is 420 g/mol. The molecule has 0 atom stereocenters. The molecule has 3 rings (SSSR count). The molecule has 0 radical (unpaired) electrons. The van der Waals surface area contributed by atoms with Crippen molar-refractivity contribution >= 4 is 21.5 Å². The molecule has 0 amide bonds. The van der Waals surface area contributed by atoms with E-state index in [1.807, 2.05) is 13.8 Å². The van der Waals surface area contributed by atoms with Gasteiger partial charge in [-0.25, -0.2) is 18.4 Å². The van der Waals surface area contributed by atoms with Gasteiger partial charge in [0.15, 0.2) is 0 Å². The van der Waals surface area contributed by atoms with Gasteiger partial charge in [0.25, 0.3) is 5.69 Å². The number of non-ortho nitro benzene ring substituents is 1. The smallest absolute Gasteiger partial charge is 0.269 e. The molecule has 10 heteroatoms. The molecule has 2 aromatic rings. The number of nitro benzene ring substituents is 1. The fourth-order valence-electron chi connectivity index (χ4n) is 3.49. The van der Waals surface area contributed by atoms with Crippen LogP contribution in [0, 0.1) is 24.0 Å². The van der Waals surface area contributed by atoms with Crippen molar-refractivity contribution < 1.29 is 13.3 Å². The van der Waals surface area contributed by atoms with Gasteiger partial charge < -0.3 is 4.90 Å². The molecular weight excluding hydrogens is 394 g/mol. The highest BCUT2D eigenvalue weighted by atomic mass is 32.2. The Morgan fingerprint density at radius 2 is 1.69 bits per heavy atom. The first-order valence-electron chi connectivity index (χ1n) is 9.51. The Hall–Kier alpha value is -2.59.